The summed E-state index contributed by atoms with van der Waals surface area (Å²) in [5.41, 5.74) is 1.07. The summed E-state index contributed by atoms with van der Waals surface area (Å²) >= 11 is 11.8. The predicted octanol–water partition coefficient (Wildman–Crippen LogP) is 5.25. The molecule has 0 aliphatic heterocycles. The molecule has 0 spiro atoms. The molecule has 0 bridgehead atoms. The molecule has 0 saturated heterocycles. The Morgan fingerprint density at radius 2 is 1.80 bits per heavy atom. The minimum Gasteiger partial charge on any atom is -0.508 e. The molecule has 0 aromatic heterocycles. The molecule has 2 N–H and O–H groups in total. The van der Waals surface area contributed by atoms with Crippen molar-refractivity contribution in [1.29, 1.82) is 0 Å². The van der Waals surface area contributed by atoms with Gasteiger partial charge in [-0.15, -0.1) is 0 Å². The highest BCUT2D eigenvalue weighted by atomic mass is 35.5. The lowest BCUT2D eigenvalue weighted by atomic mass is 10.1. The predicted molar refractivity (Wildman–Crippen MR) is 79.2 cm³/mol. The van der Waals surface area contributed by atoms with Crippen LogP contribution in [0, 0.1) is 0 Å². The molecule has 20 heavy (non-hydrogen) atoms. The Hall–Kier alpha value is -1.78. The second kappa shape index (κ2) is 6.11. The summed E-state index contributed by atoms with van der Waals surface area (Å²) in [5, 5.41) is 28.1. The maximum absolute atomic E-state index is 9.74. The first-order valence-corrected chi connectivity index (χ1v) is 6.61. The lowest BCUT2D eigenvalue weighted by Crippen LogP contribution is -1.89. The normalized spacial score (nSPS) is 12.8. The van der Waals surface area contributed by atoms with Crippen molar-refractivity contribution < 1.29 is 10.2 Å². The first kappa shape index (κ1) is 14.6. The lowest BCUT2D eigenvalue weighted by molar-refractivity contribution is 0.442. The average molecular weight is 311 g/mol. The second-order valence-corrected chi connectivity index (χ2v) is 5.07. The van der Waals surface area contributed by atoms with Crippen LogP contribution in [0.25, 0.3) is 0 Å². The van der Waals surface area contributed by atoms with Gasteiger partial charge in [0.25, 0.3) is 0 Å². The molecule has 0 aliphatic rings. The number of benzene rings is 2. The molecule has 2 rings (SSSR count). The van der Waals surface area contributed by atoms with Gasteiger partial charge >= 0.3 is 0 Å². The number of hydrogen-bond acceptors (Lipinski definition) is 4. The first-order chi connectivity index (χ1) is 9.47. The number of phenolic OH excluding ortho intramolecular Hbond substituents is 2. The average Bonchev–Trinajstić information content (AvgIpc) is 2.37. The molecule has 4 nitrogen and oxygen atoms in total. The zero-order valence-electron chi connectivity index (χ0n) is 10.6. The van der Waals surface area contributed by atoms with Crippen LogP contribution in [-0.2, 0) is 0 Å². The summed E-state index contributed by atoms with van der Waals surface area (Å²) in [6.07, 6.45) is 0. The van der Waals surface area contributed by atoms with Crippen molar-refractivity contribution in [3.8, 4) is 11.5 Å². The van der Waals surface area contributed by atoms with E-state index in [0.717, 1.165) is 0 Å². The van der Waals surface area contributed by atoms with Gasteiger partial charge in [0.1, 0.15) is 17.2 Å². The van der Waals surface area contributed by atoms with Gasteiger partial charge in [-0.05, 0) is 37.3 Å². The van der Waals surface area contributed by atoms with E-state index in [-0.39, 0.29) is 17.5 Å². The minimum atomic E-state index is -0.373. The van der Waals surface area contributed by atoms with Gasteiger partial charge in [0, 0.05) is 16.7 Å². The number of rotatable bonds is 3. The van der Waals surface area contributed by atoms with E-state index in [0.29, 0.717) is 21.3 Å². The van der Waals surface area contributed by atoms with E-state index in [1.54, 1.807) is 31.2 Å². The van der Waals surface area contributed by atoms with Crippen molar-refractivity contribution in [1.82, 2.24) is 0 Å². The Balaban J connectivity index is 2.22. The molecule has 104 valence electrons. The maximum atomic E-state index is 9.74. The monoisotopic (exact) mass is 310 g/mol. The minimum absolute atomic E-state index is 0.00358. The smallest absolute Gasteiger partial charge is 0.124 e. The fourth-order valence-corrected chi connectivity index (χ4v) is 2.11. The third-order valence-electron chi connectivity index (χ3n) is 2.71. The number of azo groups is 1. The molecule has 0 aliphatic carbocycles. The molecular weight excluding hydrogens is 299 g/mol. The van der Waals surface area contributed by atoms with Gasteiger partial charge in [0.15, 0.2) is 0 Å². The van der Waals surface area contributed by atoms with Crippen molar-refractivity contribution in [2.45, 2.75) is 13.0 Å². The molecule has 2 aromatic rings. The number of halogens is 2. The van der Waals surface area contributed by atoms with Crippen LogP contribution in [0.5, 0.6) is 11.5 Å². The summed E-state index contributed by atoms with van der Waals surface area (Å²) in [6, 6.07) is 8.88. The van der Waals surface area contributed by atoms with Crippen LogP contribution in [0.15, 0.2) is 46.6 Å². The van der Waals surface area contributed by atoms with Crippen molar-refractivity contribution in [3.63, 3.8) is 0 Å². The SMILES string of the molecule is CC(N=Nc1ccc(Cl)cc1Cl)c1ccc(O)cc1O. The third kappa shape index (κ3) is 3.40. The Bertz CT molecular complexity index is 660. The van der Waals surface area contributed by atoms with Gasteiger partial charge in [-0.1, -0.05) is 23.2 Å². The van der Waals surface area contributed by atoms with E-state index in [1.165, 1.54) is 12.1 Å². The third-order valence-corrected chi connectivity index (χ3v) is 3.25. The Morgan fingerprint density at radius 1 is 1.05 bits per heavy atom. The molecular formula is C14H12Cl2N2O2. The summed E-state index contributed by atoms with van der Waals surface area (Å²) in [5.74, 6) is -0.0326. The van der Waals surface area contributed by atoms with E-state index in [9.17, 15) is 10.2 Å². The largest absolute Gasteiger partial charge is 0.508 e. The fourth-order valence-electron chi connectivity index (χ4n) is 1.66. The Morgan fingerprint density at radius 3 is 2.45 bits per heavy atom. The van der Waals surface area contributed by atoms with E-state index in [2.05, 4.69) is 10.2 Å². The maximum Gasteiger partial charge on any atom is 0.124 e. The van der Waals surface area contributed by atoms with Gasteiger partial charge in [0.2, 0.25) is 0 Å². The number of phenols is 2. The topological polar surface area (TPSA) is 65.2 Å². The molecule has 1 unspecified atom stereocenters. The highest BCUT2D eigenvalue weighted by molar-refractivity contribution is 6.36. The van der Waals surface area contributed by atoms with E-state index in [4.69, 9.17) is 23.2 Å². The van der Waals surface area contributed by atoms with Crippen LogP contribution in [-0.4, -0.2) is 10.2 Å². The summed E-state index contributed by atoms with van der Waals surface area (Å²) < 4.78 is 0. The van der Waals surface area contributed by atoms with Crippen LogP contribution < -0.4 is 0 Å². The van der Waals surface area contributed by atoms with Gasteiger partial charge < -0.3 is 10.2 Å². The number of nitrogens with zero attached hydrogens (tertiary/aromatic N) is 2. The molecule has 0 saturated carbocycles. The molecule has 0 radical (unpaired) electrons. The molecule has 1 atom stereocenters. The fraction of sp³-hybridized carbons (Fsp3) is 0.143. The van der Waals surface area contributed by atoms with E-state index in [1.807, 2.05) is 0 Å². The summed E-state index contributed by atoms with van der Waals surface area (Å²) in [4.78, 5) is 0. The van der Waals surface area contributed by atoms with Crippen molar-refractivity contribution in [3.05, 3.63) is 52.0 Å². The molecule has 2 aromatic carbocycles. The number of aromatic hydroxyl groups is 2. The van der Waals surface area contributed by atoms with Crippen LogP contribution in [0.1, 0.15) is 18.5 Å². The van der Waals surface area contributed by atoms with E-state index < -0.39 is 0 Å². The number of hydrogen-bond donors (Lipinski definition) is 2. The van der Waals surface area contributed by atoms with Gasteiger partial charge in [-0.25, -0.2) is 0 Å². The van der Waals surface area contributed by atoms with Crippen LogP contribution in [0.4, 0.5) is 5.69 Å². The standard InChI is InChI=1S/C14H12Cl2N2O2/c1-8(11-4-3-10(19)7-14(11)20)17-18-13-5-2-9(15)6-12(13)16/h2-8,19-20H,1H3. The second-order valence-electron chi connectivity index (χ2n) is 4.23. The van der Waals surface area contributed by atoms with Crippen molar-refractivity contribution in [2.24, 2.45) is 10.2 Å². The van der Waals surface area contributed by atoms with Crippen LogP contribution in [0.3, 0.4) is 0 Å². The lowest BCUT2D eigenvalue weighted by Gasteiger charge is -2.08. The van der Waals surface area contributed by atoms with Crippen molar-refractivity contribution >= 4 is 28.9 Å². The molecule has 0 fully saturated rings. The zero-order valence-corrected chi connectivity index (χ0v) is 12.1. The molecule has 6 heteroatoms. The highest BCUT2D eigenvalue weighted by Gasteiger charge is 2.10. The van der Waals surface area contributed by atoms with Crippen molar-refractivity contribution in [2.75, 3.05) is 0 Å². The van der Waals surface area contributed by atoms with Gasteiger partial charge in [-0.3, -0.25) is 0 Å². The van der Waals surface area contributed by atoms with Crippen LogP contribution >= 0.6 is 23.2 Å². The van der Waals surface area contributed by atoms with Gasteiger partial charge in [0.05, 0.1) is 11.1 Å². The zero-order chi connectivity index (χ0) is 14.7. The highest BCUT2D eigenvalue weighted by Crippen LogP contribution is 2.32. The first-order valence-electron chi connectivity index (χ1n) is 5.85. The summed E-state index contributed by atoms with van der Waals surface area (Å²) in [6.45, 7) is 1.78. The quantitative estimate of drug-likeness (QED) is 0.760. The Labute approximate surface area is 126 Å². The summed E-state index contributed by atoms with van der Waals surface area (Å²) in [7, 11) is 0. The Kier molecular flexibility index (Phi) is 4.47. The molecule has 0 heterocycles. The van der Waals surface area contributed by atoms with Crippen LogP contribution in [0.2, 0.25) is 10.0 Å². The van der Waals surface area contributed by atoms with Gasteiger partial charge in [-0.2, -0.15) is 10.2 Å². The van der Waals surface area contributed by atoms with E-state index >= 15 is 0 Å². The molecule has 0 amide bonds.